The number of amides is 1. The van der Waals surface area contributed by atoms with Gasteiger partial charge in [0.05, 0.1) is 0 Å². The molecule has 2 aromatic rings. The molecule has 1 aliphatic heterocycles. The minimum atomic E-state index is 0.0610. The van der Waals surface area contributed by atoms with Crippen molar-refractivity contribution in [3.05, 3.63) is 57.2 Å². The minimum absolute atomic E-state index is 0.0610. The first-order valence-electron chi connectivity index (χ1n) is 5.97. The van der Waals surface area contributed by atoms with E-state index >= 15 is 0 Å². The van der Waals surface area contributed by atoms with Crippen LogP contribution in [-0.2, 0) is 0 Å². The monoisotopic (exact) mass is 309 g/mol. The zero-order valence-corrected chi connectivity index (χ0v) is 12.5. The van der Waals surface area contributed by atoms with Crippen LogP contribution in [0.25, 0.3) is 0 Å². The molecule has 98 valence electrons. The number of carbonyl (C=O) groups is 1. The van der Waals surface area contributed by atoms with Crippen molar-refractivity contribution in [2.45, 2.75) is 5.37 Å². The van der Waals surface area contributed by atoms with Crippen molar-refractivity contribution < 1.29 is 4.79 Å². The van der Waals surface area contributed by atoms with Crippen molar-refractivity contribution in [3.8, 4) is 0 Å². The lowest BCUT2D eigenvalue weighted by Gasteiger charge is -2.23. The van der Waals surface area contributed by atoms with Crippen molar-refractivity contribution in [2.24, 2.45) is 0 Å². The Morgan fingerprint density at radius 2 is 2.21 bits per heavy atom. The zero-order chi connectivity index (χ0) is 13.2. The Balaban J connectivity index is 1.87. The smallest absolute Gasteiger partial charge is 0.255 e. The lowest BCUT2D eigenvalue weighted by Crippen LogP contribution is -2.30. The number of hydrogen-bond acceptors (Lipinski definition) is 3. The SMILES string of the molecule is O=C(c1cccc(Cl)c1)N1CCS[C@@H]1c1cccs1. The summed E-state index contributed by atoms with van der Waals surface area (Å²) in [6, 6.07) is 11.3. The van der Waals surface area contributed by atoms with Crippen LogP contribution in [0.1, 0.15) is 20.6 Å². The molecule has 0 N–H and O–H groups in total. The Labute approximate surface area is 125 Å². The maximum absolute atomic E-state index is 12.6. The van der Waals surface area contributed by atoms with Gasteiger partial charge < -0.3 is 4.90 Å². The predicted octanol–water partition coefficient (Wildman–Crippen LogP) is 4.29. The third-order valence-electron chi connectivity index (χ3n) is 3.01. The summed E-state index contributed by atoms with van der Waals surface area (Å²) in [4.78, 5) is 15.7. The fourth-order valence-electron chi connectivity index (χ4n) is 2.13. The molecule has 1 aromatic heterocycles. The van der Waals surface area contributed by atoms with Gasteiger partial charge in [-0.05, 0) is 29.6 Å². The number of rotatable bonds is 2. The molecule has 0 spiro atoms. The number of carbonyl (C=O) groups excluding carboxylic acids is 1. The number of benzene rings is 1. The molecular formula is C14H12ClNOS2. The Bertz CT molecular complexity index is 585. The fraction of sp³-hybridized carbons (Fsp3) is 0.214. The molecule has 0 unspecified atom stereocenters. The Morgan fingerprint density at radius 1 is 1.32 bits per heavy atom. The maximum atomic E-state index is 12.6. The van der Waals surface area contributed by atoms with Crippen molar-refractivity contribution in [1.29, 1.82) is 0 Å². The largest absolute Gasteiger partial charge is 0.321 e. The summed E-state index contributed by atoms with van der Waals surface area (Å²) >= 11 is 9.47. The van der Waals surface area contributed by atoms with E-state index in [-0.39, 0.29) is 11.3 Å². The summed E-state index contributed by atoms with van der Waals surface area (Å²) in [5.41, 5.74) is 0.663. The predicted molar refractivity (Wildman–Crippen MR) is 82.0 cm³/mol. The number of thioether (sulfide) groups is 1. The first-order chi connectivity index (χ1) is 9.25. The highest BCUT2D eigenvalue weighted by Crippen LogP contribution is 2.40. The molecule has 0 saturated carbocycles. The first-order valence-corrected chi connectivity index (χ1v) is 8.28. The molecule has 1 aliphatic rings. The second-order valence-corrected chi connectivity index (χ2v) is 6.85. The molecule has 1 amide bonds. The molecule has 1 aromatic carbocycles. The van der Waals surface area contributed by atoms with Gasteiger partial charge in [0.2, 0.25) is 0 Å². The van der Waals surface area contributed by atoms with Crippen molar-refractivity contribution in [3.63, 3.8) is 0 Å². The minimum Gasteiger partial charge on any atom is -0.321 e. The van der Waals surface area contributed by atoms with E-state index < -0.39 is 0 Å². The van der Waals surface area contributed by atoms with Gasteiger partial charge in [-0.3, -0.25) is 4.79 Å². The molecule has 0 bridgehead atoms. The van der Waals surface area contributed by atoms with E-state index in [1.807, 2.05) is 34.9 Å². The molecule has 2 nitrogen and oxygen atoms in total. The van der Waals surface area contributed by atoms with Gasteiger partial charge in [-0.2, -0.15) is 0 Å². The van der Waals surface area contributed by atoms with Gasteiger partial charge in [-0.1, -0.05) is 23.7 Å². The number of nitrogens with zero attached hydrogens (tertiary/aromatic N) is 1. The summed E-state index contributed by atoms with van der Waals surface area (Å²) in [6.45, 7) is 0.790. The van der Waals surface area contributed by atoms with Gasteiger partial charge in [0.25, 0.3) is 5.91 Å². The van der Waals surface area contributed by atoms with Crippen LogP contribution < -0.4 is 0 Å². The number of hydrogen-bond donors (Lipinski definition) is 0. The first kappa shape index (κ1) is 13.0. The summed E-state index contributed by atoms with van der Waals surface area (Å²) < 4.78 is 0. The summed E-state index contributed by atoms with van der Waals surface area (Å²) in [5.74, 6) is 1.04. The second kappa shape index (κ2) is 5.57. The van der Waals surface area contributed by atoms with Gasteiger partial charge in [-0.15, -0.1) is 23.1 Å². The van der Waals surface area contributed by atoms with E-state index in [0.29, 0.717) is 10.6 Å². The van der Waals surface area contributed by atoms with Crippen LogP contribution >= 0.6 is 34.7 Å². The van der Waals surface area contributed by atoms with Crippen LogP contribution in [0.3, 0.4) is 0 Å². The highest BCUT2D eigenvalue weighted by Gasteiger charge is 2.31. The molecule has 0 aliphatic carbocycles. The molecule has 2 heterocycles. The van der Waals surface area contributed by atoms with E-state index in [4.69, 9.17) is 11.6 Å². The number of halogens is 1. The summed E-state index contributed by atoms with van der Waals surface area (Å²) in [6.07, 6.45) is 0. The highest BCUT2D eigenvalue weighted by atomic mass is 35.5. The quantitative estimate of drug-likeness (QED) is 0.825. The lowest BCUT2D eigenvalue weighted by molar-refractivity contribution is 0.0762. The number of thiophene rings is 1. The summed E-state index contributed by atoms with van der Waals surface area (Å²) in [7, 11) is 0. The molecular weight excluding hydrogens is 298 g/mol. The molecule has 1 atom stereocenters. The van der Waals surface area contributed by atoms with Crippen LogP contribution in [0.5, 0.6) is 0 Å². The van der Waals surface area contributed by atoms with Crippen LogP contribution in [0.4, 0.5) is 0 Å². The molecule has 19 heavy (non-hydrogen) atoms. The standard InChI is InChI=1S/C14H12ClNOS2/c15-11-4-1-3-10(9-11)13(17)16-6-8-19-14(16)12-5-2-7-18-12/h1-5,7,9,14H,6,8H2/t14-/m1/s1. The molecule has 1 fully saturated rings. The highest BCUT2D eigenvalue weighted by molar-refractivity contribution is 7.99. The van der Waals surface area contributed by atoms with Gasteiger partial charge in [-0.25, -0.2) is 0 Å². The molecule has 3 rings (SSSR count). The third-order valence-corrected chi connectivity index (χ3v) is 5.56. The Hall–Kier alpha value is -0.970. The van der Waals surface area contributed by atoms with Crippen LogP contribution in [0.2, 0.25) is 5.02 Å². The molecule has 5 heteroatoms. The molecule has 0 radical (unpaired) electrons. The van der Waals surface area contributed by atoms with Gasteiger partial charge in [0.15, 0.2) is 0 Å². The van der Waals surface area contributed by atoms with Crippen LogP contribution in [-0.4, -0.2) is 23.1 Å². The third kappa shape index (κ3) is 2.66. The van der Waals surface area contributed by atoms with E-state index in [0.717, 1.165) is 12.3 Å². The van der Waals surface area contributed by atoms with Gasteiger partial charge in [0.1, 0.15) is 5.37 Å². The van der Waals surface area contributed by atoms with Crippen molar-refractivity contribution >= 4 is 40.6 Å². The summed E-state index contributed by atoms with van der Waals surface area (Å²) in [5, 5.41) is 2.80. The Morgan fingerprint density at radius 3 is 2.95 bits per heavy atom. The normalized spacial score (nSPS) is 18.8. The fourth-order valence-corrected chi connectivity index (χ4v) is 4.56. The van der Waals surface area contributed by atoms with E-state index in [1.165, 1.54) is 4.88 Å². The molecule has 1 saturated heterocycles. The van der Waals surface area contributed by atoms with Crippen LogP contribution in [0.15, 0.2) is 41.8 Å². The van der Waals surface area contributed by atoms with E-state index in [1.54, 1.807) is 23.5 Å². The maximum Gasteiger partial charge on any atom is 0.255 e. The van der Waals surface area contributed by atoms with Crippen molar-refractivity contribution in [2.75, 3.05) is 12.3 Å². The topological polar surface area (TPSA) is 20.3 Å². The second-order valence-electron chi connectivity index (χ2n) is 4.25. The van der Waals surface area contributed by atoms with Gasteiger partial charge >= 0.3 is 0 Å². The average molecular weight is 310 g/mol. The van der Waals surface area contributed by atoms with Gasteiger partial charge in [0, 0.05) is 27.8 Å². The van der Waals surface area contributed by atoms with E-state index in [2.05, 4.69) is 11.4 Å². The average Bonchev–Trinajstić information content (AvgIpc) is 3.08. The van der Waals surface area contributed by atoms with E-state index in [9.17, 15) is 4.79 Å². The van der Waals surface area contributed by atoms with Crippen LogP contribution in [0, 0.1) is 0 Å². The Kier molecular flexibility index (Phi) is 3.82. The zero-order valence-electron chi connectivity index (χ0n) is 10.1. The van der Waals surface area contributed by atoms with Crippen molar-refractivity contribution in [1.82, 2.24) is 4.90 Å². The lowest BCUT2D eigenvalue weighted by atomic mass is 10.2.